The van der Waals surface area contributed by atoms with Crippen LogP contribution in [-0.4, -0.2) is 30.1 Å². The number of primary amides is 1. The smallest absolute Gasteiger partial charge is 0.243 e. The van der Waals surface area contributed by atoms with Crippen LogP contribution in [0.5, 0.6) is 5.75 Å². The Kier molecular flexibility index (Phi) is 4.01. The highest BCUT2D eigenvalue weighted by Gasteiger charge is 2.38. The van der Waals surface area contributed by atoms with Crippen LogP contribution < -0.4 is 15.8 Å². The number of carbonyl (C=O) groups excluding carboxylic acids is 1. The molecule has 1 aromatic carbocycles. The van der Waals surface area contributed by atoms with Gasteiger partial charge in [-0.15, -0.1) is 0 Å². The second-order valence-electron chi connectivity index (χ2n) is 4.43. The molecular formula is C13H18N2O2S. The number of carbonyl (C=O) groups is 1. The summed E-state index contributed by atoms with van der Waals surface area (Å²) in [5, 5.41) is 3.29. The van der Waals surface area contributed by atoms with Gasteiger partial charge in [0.1, 0.15) is 11.3 Å². The third-order valence-electron chi connectivity index (χ3n) is 3.19. The number of hydrogen-bond donors (Lipinski definition) is 2. The zero-order valence-electron chi connectivity index (χ0n) is 10.4. The lowest BCUT2D eigenvalue weighted by atomic mass is 9.94. The zero-order valence-corrected chi connectivity index (χ0v) is 11.3. The maximum atomic E-state index is 11.8. The third kappa shape index (κ3) is 2.56. The van der Waals surface area contributed by atoms with Crippen molar-refractivity contribution in [1.29, 1.82) is 0 Å². The first-order valence-corrected chi connectivity index (χ1v) is 7.12. The van der Waals surface area contributed by atoms with Crippen LogP contribution in [0, 0.1) is 0 Å². The zero-order chi connectivity index (χ0) is 13.0. The van der Waals surface area contributed by atoms with Gasteiger partial charge in [0.2, 0.25) is 5.91 Å². The van der Waals surface area contributed by atoms with Gasteiger partial charge in [-0.25, -0.2) is 0 Å². The average Bonchev–Trinajstić information content (AvgIpc) is 2.40. The number of rotatable bonds is 4. The monoisotopic (exact) mass is 266 g/mol. The predicted octanol–water partition coefficient (Wildman–Crippen LogP) is 1.86. The molecule has 1 atom stereocenters. The van der Waals surface area contributed by atoms with E-state index < -0.39 is 5.54 Å². The fourth-order valence-electron chi connectivity index (χ4n) is 2.15. The molecule has 0 spiro atoms. The van der Waals surface area contributed by atoms with Crippen molar-refractivity contribution in [2.75, 3.05) is 23.9 Å². The minimum absolute atomic E-state index is 0.291. The summed E-state index contributed by atoms with van der Waals surface area (Å²) in [6, 6.07) is 7.59. The molecule has 1 unspecified atom stereocenters. The number of thioether (sulfide) groups is 1. The van der Waals surface area contributed by atoms with E-state index in [4.69, 9.17) is 10.5 Å². The van der Waals surface area contributed by atoms with Gasteiger partial charge < -0.3 is 15.8 Å². The van der Waals surface area contributed by atoms with Crippen molar-refractivity contribution in [1.82, 2.24) is 0 Å². The summed E-state index contributed by atoms with van der Waals surface area (Å²) < 4.78 is 5.29. The van der Waals surface area contributed by atoms with Gasteiger partial charge in [0.25, 0.3) is 0 Å². The van der Waals surface area contributed by atoms with E-state index in [-0.39, 0.29) is 5.91 Å². The Morgan fingerprint density at radius 1 is 1.50 bits per heavy atom. The number of ether oxygens (including phenoxy) is 1. The molecular weight excluding hydrogens is 248 g/mol. The minimum atomic E-state index is -0.655. The van der Waals surface area contributed by atoms with E-state index >= 15 is 0 Å². The molecule has 0 radical (unpaired) electrons. The number of nitrogens with two attached hydrogens (primary N) is 1. The average molecular weight is 266 g/mol. The highest BCUT2D eigenvalue weighted by molar-refractivity contribution is 7.99. The number of benzene rings is 1. The number of amides is 1. The molecule has 1 aliphatic heterocycles. The van der Waals surface area contributed by atoms with Crippen molar-refractivity contribution in [3.8, 4) is 5.75 Å². The molecule has 4 nitrogen and oxygen atoms in total. The summed E-state index contributed by atoms with van der Waals surface area (Å²) in [6.07, 6.45) is 1.77. The molecule has 18 heavy (non-hydrogen) atoms. The molecule has 1 heterocycles. The quantitative estimate of drug-likeness (QED) is 0.873. The van der Waals surface area contributed by atoms with Gasteiger partial charge in [0.05, 0.1) is 12.8 Å². The van der Waals surface area contributed by atoms with Gasteiger partial charge in [0, 0.05) is 5.75 Å². The molecule has 1 aromatic rings. The number of methoxy groups -OCH3 is 1. The predicted molar refractivity (Wildman–Crippen MR) is 75.1 cm³/mol. The molecule has 1 aliphatic rings. The number of hydrogen-bond acceptors (Lipinski definition) is 4. The maximum absolute atomic E-state index is 11.8. The van der Waals surface area contributed by atoms with E-state index in [0.29, 0.717) is 5.75 Å². The first-order valence-electron chi connectivity index (χ1n) is 5.97. The van der Waals surface area contributed by atoms with Crippen LogP contribution in [0.2, 0.25) is 0 Å². The maximum Gasteiger partial charge on any atom is 0.243 e. The van der Waals surface area contributed by atoms with Gasteiger partial charge in [-0.2, -0.15) is 11.8 Å². The largest absolute Gasteiger partial charge is 0.495 e. The van der Waals surface area contributed by atoms with Crippen molar-refractivity contribution >= 4 is 23.4 Å². The van der Waals surface area contributed by atoms with Gasteiger partial charge in [-0.05, 0) is 30.7 Å². The highest BCUT2D eigenvalue weighted by Crippen LogP contribution is 2.33. The van der Waals surface area contributed by atoms with E-state index in [0.717, 1.165) is 30.0 Å². The molecule has 5 heteroatoms. The molecule has 2 rings (SSSR count). The molecule has 3 N–H and O–H groups in total. The highest BCUT2D eigenvalue weighted by atomic mass is 32.2. The summed E-state index contributed by atoms with van der Waals surface area (Å²) in [4.78, 5) is 11.8. The fourth-order valence-corrected chi connectivity index (χ4v) is 3.35. The van der Waals surface area contributed by atoms with E-state index in [1.54, 1.807) is 18.9 Å². The number of nitrogens with one attached hydrogen (secondary N) is 1. The topological polar surface area (TPSA) is 64.3 Å². The summed E-state index contributed by atoms with van der Waals surface area (Å²) in [7, 11) is 1.62. The molecule has 0 aromatic heterocycles. The molecule has 1 fully saturated rings. The molecule has 1 amide bonds. The van der Waals surface area contributed by atoms with E-state index in [9.17, 15) is 4.79 Å². The van der Waals surface area contributed by atoms with Crippen molar-refractivity contribution in [2.45, 2.75) is 18.4 Å². The summed E-state index contributed by atoms with van der Waals surface area (Å²) in [6.45, 7) is 0. The third-order valence-corrected chi connectivity index (χ3v) is 4.47. The fraction of sp³-hybridized carbons (Fsp3) is 0.462. The Balaban J connectivity index is 2.26. The number of anilines is 1. The van der Waals surface area contributed by atoms with E-state index in [1.165, 1.54) is 0 Å². The second kappa shape index (κ2) is 5.52. The van der Waals surface area contributed by atoms with Gasteiger partial charge >= 0.3 is 0 Å². The summed E-state index contributed by atoms with van der Waals surface area (Å²) >= 11 is 1.76. The summed E-state index contributed by atoms with van der Waals surface area (Å²) in [5.41, 5.74) is 5.75. The Labute approximate surface area is 111 Å². The lowest BCUT2D eigenvalue weighted by Crippen LogP contribution is -2.54. The van der Waals surface area contributed by atoms with Crippen LogP contribution in [0.1, 0.15) is 12.8 Å². The molecule has 0 bridgehead atoms. The van der Waals surface area contributed by atoms with Crippen molar-refractivity contribution < 1.29 is 9.53 Å². The Hall–Kier alpha value is -1.36. The van der Waals surface area contributed by atoms with Crippen LogP contribution in [0.3, 0.4) is 0 Å². The van der Waals surface area contributed by atoms with E-state index in [1.807, 2.05) is 24.3 Å². The van der Waals surface area contributed by atoms with Gasteiger partial charge in [0.15, 0.2) is 0 Å². The van der Waals surface area contributed by atoms with Gasteiger partial charge in [-0.1, -0.05) is 12.1 Å². The Morgan fingerprint density at radius 2 is 2.28 bits per heavy atom. The lowest BCUT2D eigenvalue weighted by molar-refractivity contribution is -0.121. The molecule has 1 saturated heterocycles. The van der Waals surface area contributed by atoms with Crippen molar-refractivity contribution in [3.63, 3.8) is 0 Å². The van der Waals surface area contributed by atoms with E-state index in [2.05, 4.69) is 5.32 Å². The first-order chi connectivity index (χ1) is 8.68. The Morgan fingerprint density at radius 3 is 2.89 bits per heavy atom. The normalized spacial score (nSPS) is 23.4. The molecule has 98 valence electrons. The molecule has 0 aliphatic carbocycles. The van der Waals surface area contributed by atoms with Crippen LogP contribution >= 0.6 is 11.8 Å². The Bertz CT molecular complexity index is 431. The van der Waals surface area contributed by atoms with Crippen molar-refractivity contribution in [2.24, 2.45) is 5.73 Å². The van der Waals surface area contributed by atoms with Crippen LogP contribution in [-0.2, 0) is 4.79 Å². The molecule has 0 saturated carbocycles. The lowest BCUT2D eigenvalue weighted by Gasteiger charge is -2.35. The SMILES string of the molecule is COc1ccccc1NC1(C(N)=O)CCCSC1. The minimum Gasteiger partial charge on any atom is -0.495 e. The number of para-hydroxylation sites is 2. The summed E-state index contributed by atoms with van der Waals surface area (Å²) in [5.74, 6) is 2.23. The second-order valence-corrected chi connectivity index (χ2v) is 5.53. The standard InChI is InChI=1S/C13H18N2O2S/c1-17-11-6-3-2-5-10(11)15-13(12(14)16)7-4-8-18-9-13/h2-3,5-6,15H,4,7-9H2,1H3,(H2,14,16). The van der Waals surface area contributed by atoms with Crippen LogP contribution in [0.4, 0.5) is 5.69 Å². The van der Waals surface area contributed by atoms with Crippen LogP contribution in [0.25, 0.3) is 0 Å². The van der Waals surface area contributed by atoms with Crippen molar-refractivity contribution in [3.05, 3.63) is 24.3 Å². The van der Waals surface area contributed by atoms with Gasteiger partial charge in [-0.3, -0.25) is 4.79 Å². The first kappa shape index (κ1) is 13.1. The van der Waals surface area contributed by atoms with Crippen LogP contribution in [0.15, 0.2) is 24.3 Å².